The van der Waals surface area contributed by atoms with Crippen molar-refractivity contribution in [2.75, 3.05) is 5.32 Å². The smallest absolute Gasteiger partial charge is 0.370 e. The van der Waals surface area contributed by atoms with E-state index >= 15 is 0 Å². The molecule has 1 aromatic heterocycles. The lowest BCUT2D eigenvalue weighted by molar-refractivity contribution is -0.182. The number of amides is 1. The summed E-state index contributed by atoms with van der Waals surface area (Å²) in [5.41, 5.74) is 5.05. The Labute approximate surface area is 120 Å². The van der Waals surface area contributed by atoms with E-state index in [2.05, 4.69) is 10.4 Å². The number of aromatic nitrogens is 2. The van der Waals surface area contributed by atoms with Crippen LogP contribution in [0.1, 0.15) is 32.1 Å². The first-order chi connectivity index (χ1) is 9.84. The van der Waals surface area contributed by atoms with E-state index in [1.54, 1.807) is 16.9 Å². The molecular formula is C13H19F3N4O. The Bertz CT molecular complexity index is 486. The maximum Gasteiger partial charge on any atom is 0.391 e. The number of aryl methyl sites for hydroxylation is 1. The van der Waals surface area contributed by atoms with Gasteiger partial charge in [0, 0.05) is 31.3 Å². The molecule has 1 saturated carbocycles. The van der Waals surface area contributed by atoms with Gasteiger partial charge in [-0.2, -0.15) is 18.3 Å². The van der Waals surface area contributed by atoms with Crippen LogP contribution in [0.5, 0.6) is 0 Å². The van der Waals surface area contributed by atoms with Crippen LogP contribution in [0.2, 0.25) is 0 Å². The monoisotopic (exact) mass is 304 g/mol. The van der Waals surface area contributed by atoms with Crippen LogP contribution >= 0.6 is 0 Å². The van der Waals surface area contributed by atoms with Crippen LogP contribution in [-0.2, 0) is 11.3 Å². The molecule has 0 aromatic carbocycles. The summed E-state index contributed by atoms with van der Waals surface area (Å²) in [6.07, 6.45) is -0.714. The number of nitrogens with two attached hydrogens (primary N) is 1. The van der Waals surface area contributed by atoms with Gasteiger partial charge in [-0.1, -0.05) is 6.42 Å². The molecule has 1 aliphatic rings. The Morgan fingerprint density at radius 3 is 2.90 bits per heavy atom. The fourth-order valence-corrected chi connectivity index (χ4v) is 2.62. The second-order valence-electron chi connectivity index (χ2n) is 5.43. The predicted molar refractivity (Wildman–Crippen MR) is 71.5 cm³/mol. The molecule has 0 unspecified atom stereocenters. The van der Waals surface area contributed by atoms with Crippen molar-refractivity contribution >= 4 is 11.7 Å². The number of halogens is 3. The number of rotatable bonds is 5. The fourth-order valence-electron chi connectivity index (χ4n) is 2.62. The summed E-state index contributed by atoms with van der Waals surface area (Å²) in [4.78, 5) is 10.7. The molecule has 5 nitrogen and oxygen atoms in total. The highest BCUT2D eigenvalue weighted by Gasteiger charge is 2.42. The second kappa shape index (κ2) is 6.36. The normalized spacial score (nSPS) is 23.0. The summed E-state index contributed by atoms with van der Waals surface area (Å²) in [5, 5.41) is 7.22. The van der Waals surface area contributed by atoms with E-state index in [0.717, 1.165) is 0 Å². The van der Waals surface area contributed by atoms with Gasteiger partial charge < -0.3 is 11.1 Å². The van der Waals surface area contributed by atoms with Crippen LogP contribution in [0.25, 0.3) is 0 Å². The summed E-state index contributed by atoms with van der Waals surface area (Å²) in [6.45, 7) is 0.368. The highest BCUT2D eigenvalue weighted by Crippen LogP contribution is 2.38. The molecule has 0 spiro atoms. The first-order valence-electron chi connectivity index (χ1n) is 6.99. The van der Waals surface area contributed by atoms with Crippen LogP contribution in [0.15, 0.2) is 12.3 Å². The molecule has 3 N–H and O–H groups in total. The lowest BCUT2D eigenvalue weighted by Crippen LogP contribution is -2.34. The first kappa shape index (κ1) is 15.7. The average molecular weight is 304 g/mol. The number of carbonyl (C=O) groups is 1. The molecule has 0 radical (unpaired) electrons. The number of hydrogen-bond acceptors (Lipinski definition) is 3. The standard InChI is InChI=1S/C13H19F3N4O/c14-13(15,16)9-2-1-3-10(8-9)18-12-5-7-20(19-12)6-4-11(17)21/h5,7,9-10H,1-4,6,8H2,(H2,17,21)(H,18,19)/t9-,10-/m0/s1. The summed E-state index contributed by atoms with van der Waals surface area (Å²) >= 11 is 0. The van der Waals surface area contributed by atoms with Crippen molar-refractivity contribution in [1.82, 2.24) is 9.78 Å². The molecule has 118 valence electrons. The Kier molecular flexibility index (Phi) is 4.74. The van der Waals surface area contributed by atoms with Gasteiger partial charge in [0.05, 0.1) is 5.92 Å². The van der Waals surface area contributed by atoms with Crippen molar-refractivity contribution < 1.29 is 18.0 Å². The van der Waals surface area contributed by atoms with Crippen molar-refractivity contribution in [2.45, 2.75) is 50.9 Å². The summed E-state index contributed by atoms with van der Waals surface area (Å²) in [7, 11) is 0. The van der Waals surface area contributed by atoms with Crippen LogP contribution in [-0.4, -0.2) is 27.9 Å². The molecule has 1 aliphatic carbocycles. The van der Waals surface area contributed by atoms with Gasteiger partial charge in [-0.15, -0.1) is 0 Å². The zero-order valence-corrected chi connectivity index (χ0v) is 11.6. The van der Waals surface area contributed by atoms with Gasteiger partial charge in [-0.05, 0) is 19.3 Å². The Hall–Kier alpha value is -1.73. The molecular weight excluding hydrogens is 285 g/mol. The Morgan fingerprint density at radius 1 is 1.48 bits per heavy atom. The van der Waals surface area contributed by atoms with Crippen molar-refractivity contribution in [3.05, 3.63) is 12.3 Å². The van der Waals surface area contributed by atoms with E-state index in [4.69, 9.17) is 5.73 Å². The number of hydrogen-bond donors (Lipinski definition) is 2. The molecule has 8 heteroatoms. The Morgan fingerprint density at radius 2 is 2.24 bits per heavy atom. The number of carbonyl (C=O) groups excluding carboxylic acids is 1. The average Bonchev–Trinajstić information content (AvgIpc) is 2.83. The highest BCUT2D eigenvalue weighted by molar-refractivity contribution is 5.73. The van der Waals surface area contributed by atoms with E-state index in [1.807, 2.05) is 0 Å². The number of anilines is 1. The van der Waals surface area contributed by atoms with Crippen molar-refractivity contribution in [3.63, 3.8) is 0 Å². The zero-order chi connectivity index (χ0) is 15.5. The quantitative estimate of drug-likeness (QED) is 0.876. The molecule has 1 amide bonds. The van der Waals surface area contributed by atoms with Gasteiger partial charge >= 0.3 is 6.18 Å². The van der Waals surface area contributed by atoms with Crippen molar-refractivity contribution in [2.24, 2.45) is 11.7 Å². The minimum absolute atomic E-state index is 0.0810. The fraction of sp³-hybridized carbons (Fsp3) is 0.692. The van der Waals surface area contributed by atoms with Gasteiger partial charge in [0.2, 0.25) is 5.91 Å². The van der Waals surface area contributed by atoms with Crippen LogP contribution in [0, 0.1) is 5.92 Å². The summed E-state index contributed by atoms with van der Waals surface area (Å²) < 4.78 is 39.8. The van der Waals surface area contributed by atoms with Crippen LogP contribution in [0.3, 0.4) is 0 Å². The maximum absolute atomic E-state index is 12.7. The van der Waals surface area contributed by atoms with Crippen LogP contribution < -0.4 is 11.1 Å². The molecule has 21 heavy (non-hydrogen) atoms. The van der Waals surface area contributed by atoms with Gasteiger partial charge in [0.1, 0.15) is 5.82 Å². The molecule has 0 aliphatic heterocycles. The molecule has 1 fully saturated rings. The number of nitrogens with one attached hydrogen (secondary N) is 1. The number of nitrogens with zero attached hydrogens (tertiary/aromatic N) is 2. The molecule has 2 rings (SSSR count). The molecule has 0 bridgehead atoms. The van der Waals surface area contributed by atoms with Crippen LogP contribution in [0.4, 0.5) is 19.0 Å². The molecule has 0 saturated heterocycles. The minimum atomic E-state index is -4.12. The van der Waals surface area contributed by atoms with Gasteiger partial charge in [-0.3, -0.25) is 9.48 Å². The highest BCUT2D eigenvalue weighted by atomic mass is 19.4. The minimum Gasteiger partial charge on any atom is -0.370 e. The van der Waals surface area contributed by atoms with Crippen molar-refractivity contribution in [1.29, 1.82) is 0 Å². The molecule has 2 atom stereocenters. The largest absolute Gasteiger partial charge is 0.391 e. The Balaban J connectivity index is 1.88. The third-order valence-electron chi connectivity index (χ3n) is 3.72. The molecule has 1 aromatic rings. The van der Waals surface area contributed by atoms with E-state index in [9.17, 15) is 18.0 Å². The number of primary amides is 1. The topological polar surface area (TPSA) is 72.9 Å². The van der Waals surface area contributed by atoms with E-state index in [0.29, 0.717) is 25.2 Å². The third-order valence-corrected chi connectivity index (χ3v) is 3.72. The SMILES string of the molecule is NC(=O)CCn1ccc(N[C@H]2CCC[C@H](C(F)(F)F)C2)n1. The first-order valence-corrected chi connectivity index (χ1v) is 6.99. The third kappa shape index (κ3) is 4.64. The second-order valence-corrected chi connectivity index (χ2v) is 5.43. The summed E-state index contributed by atoms with van der Waals surface area (Å²) in [5.74, 6) is -1.12. The van der Waals surface area contributed by atoms with E-state index in [1.165, 1.54) is 0 Å². The van der Waals surface area contributed by atoms with E-state index in [-0.39, 0.29) is 25.3 Å². The zero-order valence-electron chi connectivity index (χ0n) is 11.6. The lowest BCUT2D eigenvalue weighted by Gasteiger charge is -2.31. The van der Waals surface area contributed by atoms with E-state index < -0.39 is 18.0 Å². The number of alkyl halides is 3. The maximum atomic E-state index is 12.7. The van der Waals surface area contributed by atoms with Gasteiger partial charge in [0.25, 0.3) is 0 Å². The molecule has 1 heterocycles. The van der Waals surface area contributed by atoms with Gasteiger partial charge in [-0.25, -0.2) is 0 Å². The predicted octanol–water partition coefficient (Wildman–Crippen LogP) is 2.29. The summed E-state index contributed by atoms with van der Waals surface area (Å²) in [6, 6.07) is 1.47. The lowest BCUT2D eigenvalue weighted by atomic mass is 9.85. The van der Waals surface area contributed by atoms with Crippen molar-refractivity contribution in [3.8, 4) is 0 Å². The van der Waals surface area contributed by atoms with Gasteiger partial charge in [0.15, 0.2) is 0 Å².